The Hall–Kier alpha value is -1.18. The zero-order valence-electron chi connectivity index (χ0n) is 8.23. The number of carbonyl (C=O) groups excluding carboxylic acids is 1. The smallest absolute Gasteiger partial charge is 0.263 e. The molecule has 84 valence electrons. The summed E-state index contributed by atoms with van der Waals surface area (Å²) in [4.78, 5) is 15.9. The summed E-state index contributed by atoms with van der Waals surface area (Å²) in [6.07, 6.45) is 0. The fraction of sp³-hybridized carbons (Fsp3) is 0.500. The van der Waals surface area contributed by atoms with Crippen LogP contribution in [0.25, 0.3) is 0 Å². The first-order chi connectivity index (χ1) is 7.08. The van der Waals surface area contributed by atoms with Crippen molar-refractivity contribution >= 4 is 22.4 Å². The largest absolute Gasteiger partial charge is 0.394 e. The van der Waals surface area contributed by atoms with Gasteiger partial charge in [-0.2, -0.15) is 0 Å². The molecule has 0 saturated heterocycles. The maximum absolute atomic E-state index is 11.6. The summed E-state index contributed by atoms with van der Waals surface area (Å²) in [5, 5.41) is 20.4. The SMILES string of the molecule is Cc1nc(N)sc1C(=O)NC(CO)CO. The number of nitrogens with one attached hydrogen (secondary N) is 1. The summed E-state index contributed by atoms with van der Waals surface area (Å²) >= 11 is 1.08. The molecule has 15 heavy (non-hydrogen) atoms. The topological polar surface area (TPSA) is 108 Å². The molecular weight excluding hydrogens is 218 g/mol. The first-order valence-electron chi connectivity index (χ1n) is 4.34. The predicted molar refractivity (Wildman–Crippen MR) is 56.7 cm³/mol. The van der Waals surface area contributed by atoms with Gasteiger partial charge in [0.15, 0.2) is 5.13 Å². The Morgan fingerprint density at radius 1 is 1.60 bits per heavy atom. The third-order valence-electron chi connectivity index (χ3n) is 1.80. The number of carbonyl (C=O) groups is 1. The third-order valence-corrected chi connectivity index (χ3v) is 2.78. The minimum atomic E-state index is -0.653. The number of nitrogen functional groups attached to an aromatic ring is 1. The van der Waals surface area contributed by atoms with Crippen LogP contribution in [0, 0.1) is 6.92 Å². The van der Waals surface area contributed by atoms with Crippen molar-refractivity contribution < 1.29 is 15.0 Å². The average Bonchev–Trinajstić information content (AvgIpc) is 2.54. The molecule has 0 atom stereocenters. The second-order valence-electron chi connectivity index (χ2n) is 3.00. The second-order valence-corrected chi connectivity index (χ2v) is 4.03. The van der Waals surface area contributed by atoms with E-state index in [-0.39, 0.29) is 19.1 Å². The highest BCUT2D eigenvalue weighted by Crippen LogP contribution is 2.19. The van der Waals surface area contributed by atoms with Crippen LogP contribution in [0.1, 0.15) is 15.4 Å². The molecule has 0 bridgehead atoms. The summed E-state index contributed by atoms with van der Waals surface area (Å²) in [6.45, 7) is 1.06. The van der Waals surface area contributed by atoms with Crippen LogP contribution < -0.4 is 11.1 Å². The lowest BCUT2D eigenvalue weighted by atomic mass is 10.3. The van der Waals surface area contributed by atoms with Crippen LogP contribution in [0.5, 0.6) is 0 Å². The number of amides is 1. The van der Waals surface area contributed by atoms with Gasteiger partial charge in [-0.05, 0) is 6.92 Å². The van der Waals surface area contributed by atoms with Gasteiger partial charge >= 0.3 is 0 Å². The molecule has 0 spiro atoms. The Bertz CT molecular complexity index is 349. The average molecular weight is 231 g/mol. The van der Waals surface area contributed by atoms with Crippen LogP contribution in [0.3, 0.4) is 0 Å². The molecule has 1 rings (SSSR count). The van der Waals surface area contributed by atoms with Gasteiger partial charge in [0, 0.05) is 0 Å². The molecule has 1 heterocycles. The van der Waals surface area contributed by atoms with Crippen molar-refractivity contribution in [2.75, 3.05) is 18.9 Å². The van der Waals surface area contributed by atoms with E-state index < -0.39 is 6.04 Å². The molecular formula is C8H13N3O3S. The summed E-state index contributed by atoms with van der Waals surface area (Å²) in [5.41, 5.74) is 5.99. The normalized spacial score (nSPS) is 10.7. The number of aliphatic hydroxyl groups is 2. The van der Waals surface area contributed by atoms with Crippen molar-refractivity contribution in [2.24, 2.45) is 0 Å². The minimum absolute atomic E-state index is 0.310. The summed E-state index contributed by atoms with van der Waals surface area (Å²) in [5.74, 6) is -0.380. The van der Waals surface area contributed by atoms with Gasteiger partial charge < -0.3 is 21.3 Å². The van der Waals surface area contributed by atoms with Gasteiger partial charge in [0.05, 0.1) is 24.9 Å². The molecule has 1 aromatic heterocycles. The number of aryl methyl sites for hydroxylation is 1. The van der Waals surface area contributed by atoms with E-state index in [9.17, 15) is 4.79 Å². The number of hydrogen-bond donors (Lipinski definition) is 4. The number of thiazole rings is 1. The van der Waals surface area contributed by atoms with Gasteiger partial charge in [0.1, 0.15) is 4.88 Å². The van der Waals surface area contributed by atoms with E-state index in [0.29, 0.717) is 15.7 Å². The number of aromatic nitrogens is 1. The van der Waals surface area contributed by atoms with Gasteiger partial charge in [0.2, 0.25) is 0 Å². The summed E-state index contributed by atoms with van der Waals surface area (Å²) < 4.78 is 0. The zero-order chi connectivity index (χ0) is 11.4. The lowest BCUT2D eigenvalue weighted by molar-refractivity contribution is 0.0882. The standard InChI is InChI=1S/C8H13N3O3S/c1-4-6(15-8(9)10-4)7(14)11-5(2-12)3-13/h5,12-13H,2-3H2,1H3,(H2,9,10)(H,11,14). The maximum atomic E-state index is 11.6. The molecule has 0 aliphatic heterocycles. The molecule has 0 aromatic carbocycles. The zero-order valence-corrected chi connectivity index (χ0v) is 9.04. The molecule has 0 aliphatic rings. The lowest BCUT2D eigenvalue weighted by Crippen LogP contribution is -2.40. The highest BCUT2D eigenvalue weighted by molar-refractivity contribution is 7.17. The molecule has 6 nitrogen and oxygen atoms in total. The van der Waals surface area contributed by atoms with Crippen LogP contribution >= 0.6 is 11.3 Å². The molecule has 0 fully saturated rings. The van der Waals surface area contributed by atoms with Crippen LogP contribution in [0.4, 0.5) is 5.13 Å². The van der Waals surface area contributed by atoms with Crippen molar-refractivity contribution in [3.05, 3.63) is 10.6 Å². The van der Waals surface area contributed by atoms with E-state index in [4.69, 9.17) is 15.9 Å². The van der Waals surface area contributed by atoms with Crippen LogP contribution in [0.2, 0.25) is 0 Å². The highest BCUT2D eigenvalue weighted by atomic mass is 32.1. The first kappa shape index (κ1) is 11.9. The van der Waals surface area contributed by atoms with Gasteiger partial charge in [-0.25, -0.2) is 4.98 Å². The predicted octanol–water partition coefficient (Wildman–Crippen LogP) is -0.883. The number of aliphatic hydroxyl groups excluding tert-OH is 2. The van der Waals surface area contributed by atoms with Crippen molar-refractivity contribution in [2.45, 2.75) is 13.0 Å². The van der Waals surface area contributed by atoms with E-state index in [1.54, 1.807) is 6.92 Å². The van der Waals surface area contributed by atoms with Gasteiger partial charge in [-0.15, -0.1) is 0 Å². The van der Waals surface area contributed by atoms with E-state index in [2.05, 4.69) is 10.3 Å². The number of nitrogens with two attached hydrogens (primary N) is 1. The Morgan fingerprint density at radius 2 is 2.20 bits per heavy atom. The second kappa shape index (κ2) is 5.06. The molecule has 7 heteroatoms. The molecule has 0 unspecified atom stereocenters. The highest BCUT2D eigenvalue weighted by Gasteiger charge is 2.17. The molecule has 5 N–H and O–H groups in total. The Labute approximate surface area is 90.8 Å². The fourth-order valence-corrected chi connectivity index (χ4v) is 1.76. The lowest BCUT2D eigenvalue weighted by Gasteiger charge is -2.12. The number of anilines is 1. The fourth-order valence-electron chi connectivity index (χ4n) is 1.03. The summed E-state index contributed by atoms with van der Waals surface area (Å²) in [6, 6.07) is -0.653. The quantitative estimate of drug-likeness (QED) is 0.538. The number of nitrogens with zero attached hydrogens (tertiary/aromatic N) is 1. The first-order valence-corrected chi connectivity index (χ1v) is 5.15. The number of rotatable bonds is 4. The van der Waals surface area contributed by atoms with Gasteiger partial charge in [-0.1, -0.05) is 11.3 Å². The monoisotopic (exact) mass is 231 g/mol. The van der Waals surface area contributed by atoms with E-state index in [1.165, 1.54) is 0 Å². The Kier molecular flexibility index (Phi) is 4.01. The number of hydrogen-bond acceptors (Lipinski definition) is 6. The van der Waals surface area contributed by atoms with E-state index >= 15 is 0 Å². The Balaban J connectivity index is 2.72. The van der Waals surface area contributed by atoms with Crippen LogP contribution in [-0.4, -0.2) is 40.4 Å². The summed E-state index contributed by atoms with van der Waals surface area (Å²) in [7, 11) is 0. The van der Waals surface area contributed by atoms with E-state index in [1.807, 2.05) is 0 Å². The van der Waals surface area contributed by atoms with Crippen LogP contribution in [0.15, 0.2) is 0 Å². The molecule has 0 saturated carbocycles. The van der Waals surface area contributed by atoms with Crippen molar-refractivity contribution in [1.29, 1.82) is 0 Å². The minimum Gasteiger partial charge on any atom is -0.394 e. The Morgan fingerprint density at radius 3 is 2.60 bits per heavy atom. The van der Waals surface area contributed by atoms with Crippen molar-refractivity contribution in [1.82, 2.24) is 10.3 Å². The molecule has 0 radical (unpaired) electrons. The maximum Gasteiger partial charge on any atom is 0.263 e. The van der Waals surface area contributed by atoms with E-state index in [0.717, 1.165) is 11.3 Å². The van der Waals surface area contributed by atoms with Gasteiger partial charge in [0.25, 0.3) is 5.91 Å². The molecule has 1 amide bonds. The van der Waals surface area contributed by atoms with Gasteiger partial charge in [-0.3, -0.25) is 4.79 Å². The van der Waals surface area contributed by atoms with Crippen LogP contribution in [-0.2, 0) is 0 Å². The van der Waals surface area contributed by atoms with Crippen molar-refractivity contribution in [3.63, 3.8) is 0 Å². The molecule has 0 aliphatic carbocycles. The molecule has 1 aromatic rings. The third kappa shape index (κ3) is 2.88. The van der Waals surface area contributed by atoms with Crippen molar-refractivity contribution in [3.8, 4) is 0 Å².